The molecule has 1 heterocycles. The summed E-state index contributed by atoms with van der Waals surface area (Å²) >= 11 is 0. The Morgan fingerprint density at radius 2 is 2.06 bits per heavy atom. The molecule has 8 heteroatoms. The van der Waals surface area contributed by atoms with Crippen LogP contribution in [0.4, 0.5) is 0 Å². The highest BCUT2D eigenvalue weighted by Crippen LogP contribution is 2.35. The van der Waals surface area contributed by atoms with E-state index in [0.29, 0.717) is 4.31 Å². The number of hydrogen-bond donors (Lipinski definition) is 1. The molecule has 1 fully saturated rings. The Kier molecular flexibility index (Phi) is 3.49. The third-order valence-corrected chi connectivity index (χ3v) is 5.14. The van der Waals surface area contributed by atoms with Crippen LogP contribution >= 0.6 is 0 Å². The van der Waals surface area contributed by atoms with Gasteiger partial charge in [0.1, 0.15) is 0 Å². The van der Waals surface area contributed by atoms with E-state index in [-0.39, 0.29) is 13.0 Å². The van der Waals surface area contributed by atoms with Gasteiger partial charge in [0, 0.05) is 7.11 Å². The van der Waals surface area contributed by atoms with Crippen LogP contribution in [0.25, 0.3) is 0 Å². The number of carbonyl (C=O) groups is 2. The first-order valence-electron chi connectivity index (χ1n) is 4.96. The molecule has 0 aromatic heterocycles. The van der Waals surface area contributed by atoms with Gasteiger partial charge in [-0.15, -0.1) is 0 Å². The number of methoxy groups -OCH3 is 1. The van der Waals surface area contributed by atoms with Crippen molar-refractivity contribution in [3.63, 3.8) is 0 Å². The lowest BCUT2D eigenvalue weighted by atomic mass is 10.1. The summed E-state index contributed by atoms with van der Waals surface area (Å²) in [6.45, 7) is 2.38. The lowest BCUT2D eigenvalue weighted by Crippen LogP contribution is -2.68. The highest BCUT2D eigenvalue weighted by atomic mass is 32.2. The van der Waals surface area contributed by atoms with Crippen LogP contribution in [0.1, 0.15) is 20.3 Å². The Morgan fingerprint density at radius 1 is 1.53 bits per heavy atom. The van der Waals surface area contributed by atoms with E-state index < -0.39 is 32.8 Å². The van der Waals surface area contributed by atoms with E-state index in [4.69, 9.17) is 9.84 Å². The lowest BCUT2D eigenvalue weighted by Gasteiger charge is -2.43. The van der Waals surface area contributed by atoms with Gasteiger partial charge in [-0.05, 0) is 13.8 Å². The number of carboxylic acids is 1. The van der Waals surface area contributed by atoms with Gasteiger partial charge in [0.15, 0.2) is 4.75 Å². The number of nitrogens with zero attached hydrogens (tertiary/aromatic N) is 1. The van der Waals surface area contributed by atoms with Crippen molar-refractivity contribution < 1.29 is 27.9 Å². The van der Waals surface area contributed by atoms with E-state index in [0.717, 1.165) is 0 Å². The minimum atomic E-state index is -3.68. The quantitative estimate of drug-likeness (QED) is 0.714. The number of carbonyl (C=O) groups excluding carboxylic acids is 1. The molecule has 1 unspecified atom stereocenters. The molecule has 7 nitrogen and oxygen atoms in total. The number of aliphatic carboxylic acids is 1. The van der Waals surface area contributed by atoms with Gasteiger partial charge in [-0.2, -0.15) is 0 Å². The first kappa shape index (κ1) is 13.9. The molecule has 0 aromatic carbocycles. The van der Waals surface area contributed by atoms with Crippen LogP contribution in [-0.4, -0.2) is 54.2 Å². The molecule has 1 atom stereocenters. The molecule has 1 aliphatic rings. The van der Waals surface area contributed by atoms with Crippen molar-refractivity contribution in [3.8, 4) is 0 Å². The average Bonchev–Trinajstić information content (AvgIpc) is 2.21. The second-order valence-electron chi connectivity index (χ2n) is 4.31. The zero-order chi connectivity index (χ0) is 13.4. The van der Waals surface area contributed by atoms with E-state index in [1.807, 2.05) is 0 Å². The third-order valence-electron chi connectivity index (χ3n) is 2.78. The molecule has 1 N–H and O–H groups in total. The summed E-state index contributed by atoms with van der Waals surface area (Å²) in [5.41, 5.74) is 0. The van der Waals surface area contributed by atoms with Gasteiger partial charge in [-0.25, -0.2) is 12.7 Å². The number of amides is 1. The first-order valence-corrected chi connectivity index (χ1v) is 6.40. The summed E-state index contributed by atoms with van der Waals surface area (Å²) in [5, 5.41) is 8.58. The highest BCUT2D eigenvalue weighted by Gasteiger charge is 2.60. The molecule has 1 rings (SSSR count). The summed E-state index contributed by atoms with van der Waals surface area (Å²) in [5.74, 6) is -1.65. The normalized spacial score (nSPS) is 23.0. The van der Waals surface area contributed by atoms with Crippen LogP contribution in [0.15, 0.2) is 0 Å². The molecule has 0 aromatic rings. The largest absolute Gasteiger partial charge is 0.481 e. The van der Waals surface area contributed by atoms with Gasteiger partial charge in [-0.3, -0.25) is 9.59 Å². The first-order chi connectivity index (χ1) is 7.64. The molecule has 0 saturated carbocycles. The van der Waals surface area contributed by atoms with E-state index in [1.165, 1.54) is 21.0 Å². The van der Waals surface area contributed by atoms with E-state index in [2.05, 4.69) is 0 Å². The Hall–Kier alpha value is -1.15. The molecule has 0 spiro atoms. The molecule has 1 saturated heterocycles. The van der Waals surface area contributed by atoms with Crippen molar-refractivity contribution in [1.82, 2.24) is 4.31 Å². The van der Waals surface area contributed by atoms with Crippen molar-refractivity contribution in [3.05, 3.63) is 0 Å². The highest BCUT2D eigenvalue weighted by molar-refractivity contribution is 7.94. The number of hydrogen-bond acceptors (Lipinski definition) is 5. The maximum absolute atomic E-state index is 11.7. The Bertz CT molecular complexity index is 440. The van der Waals surface area contributed by atoms with Crippen LogP contribution in [0, 0.1) is 0 Å². The Morgan fingerprint density at radius 3 is 2.41 bits per heavy atom. The molecule has 1 amide bonds. The molecular formula is C9H15NO6S. The number of sulfonamides is 1. The van der Waals surface area contributed by atoms with Gasteiger partial charge in [0.25, 0.3) is 15.9 Å². The molecular weight excluding hydrogens is 250 g/mol. The van der Waals surface area contributed by atoms with Gasteiger partial charge in [-0.1, -0.05) is 0 Å². The summed E-state index contributed by atoms with van der Waals surface area (Å²) in [6, 6.07) is 0. The molecule has 0 aliphatic carbocycles. The molecule has 17 heavy (non-hydrogen) atoms. The zero-order valence-electron chi connectivity index (χ0n) is 9.84. The third kappa shape index (κ3) is 2.14. The van der Waals surface area contributed by atoms with E-state index in [1.54, 1.807) is 0 Å². The summed E-state index contributed by atoms with van der Waals surface area (Å²) in [7, 11) is -2.41. The van der Waals surface area contributed by atoms with Crippen molar-refractivity contribution in [2.75, 3.05) is 13.7 Å². The Labute approximate surface area is 99.4 Å². The van der Waals surface area contributed by atoms with Crippen LogP contribution in [0.2, 0.25) is 0 Å². The summed E-state index contributed by atoms with van der Waals surface area (Å²) in [4.78, 5) is 22.1. The lowest BCUT2D eigenvalue weighted by molar-refractivity contribution is -0.142. The van der Waals surface area contributed by atoms with Gasteiger partial charge >= 0.3 is 5.97 Å². The predicted octanol–water partition coefficient (Wildman–Crippen LogP) is -0.573. The monoisotopic (exact) mass is 265 g/mol. The maximum atomic E-state index is 11.7. The zero-order valence-corrected chi connectivity index (χ0v) is 10.7. The number of rotatable bonds is 5. The van der Waals surface area contributed by atoms with Gasteiger partial charge < -0.3 is 9.84 Å². The van der Waals surface area contributed by atoms with Gasteiger partial charge in [0.05, 0.1) is 19.1 Å². The SMILES string of the molecule is COC(CC(=O)O)CN1C(=O)C(C)(C)S1(=O)=O. The molecule has 0 radical (unpaired) electrons. The van der Waals surface area contributed by atoms with Crippen LogP contribution in [0.5, 0.6) is 0 Å². The van der Waals surface area contributed by atoms with Crippen molar-refractivity contribution >= 4 is 21.9 Å². The fourth-order valence-electron chi connectivity index (χ4n) is 1.54. The Balaban J connectivity index is 2.77. The van der Waals surface area contributed by atoms with E-state index >= 15 is 0 Å². The molecule has 1 aliphatic heterocycles. The number of carboxylic acid groups (broad SMARTS) is 1. The average molecular weight is 265 g/mol. The topological polar surface area (TPSA) is 101 Å². The second kappa shape index (κ2) is 4.26. The fraction of sp³-hybridized carbons (Fsp3) is 0.778. The van der Waals surface area contributed by atoms with Crippen LogP contribution in [-0.2, 0) is 24.3 Å². The smallest absolute Gasteiger partial charge is 0.306 e. The molecule has 98 valence electrons. The van der Waals surface area contributed by atoms with Crippen molar-refractivity contribution in [2.24, 2.45) is 0 Å². The number of ether oxygens (including phenoxy) is 1. The molecule has 0 bridgehead atoms. The van der Waals surface area contributed by atoms with Crippen molar-refractivity contribution in [2.45, 2.75) is 31.1 Å². The van der Waals surface area contributed by atoms with Crippen molar-refractivity contribution in [1.29, 1.82) is 0 Å². The van der Waals surface area contributed by atoms with E-state index in [9.17, 15) is 18.0 Å². The summed E-state index contributed by atoms with van der Waals surface area (Å²) in [6.07, 6.45) is -1.18. The minimum Gasteiger partial charge on any atom is -0.481 e. The predicted molar refractivity (Wildman–Crippen MR) is 57.8 cm³/mol. The van der Waals surface area contributed by atoms with Crippen LogP contribution < -0.4 is 0 Å². The minimum absolute atomic E-state index is 0.257. The standard InChI is InChI=1S/C9H15NO6S/c1-9(2)8(13)10(17(9,14)15)5-6(16-3)4-7(11)12/h6H,4-5H2,1-3H3,(H,11,12). The maximum Gasteiger partial charge on any atom is 0.306 e. The summed E-state index contributed by atoms with van der Waals surface area (Å²) < 4.78 is 27.5. The van der Waals surface area contributed by atoms with Gasteiger partial charge in [0.2, 0.25) is 0 Å². The van der Waals surface area contributed by atoms with Crippen LogP contribution in [0.3, 0.4) is 0 Å². The second-order valence-corrected chi connectivity index (χ2v) is 6.72. The fourth-order valence-corrected chi connectivity index (χ4v) is 3.10.